The minimum Gasteiger partial charge on any atom is -0.497 e. The molecule has 0 aliphatic rings. The number of benzene rings is 2. The predicted octanol–water partition coefficient (Wildman–Crippen LogP) is 3.65. The van der Waals surface area contributed by atoms with Crippen LogP contribution in [-0.2, 0) is 6.61 Å². The molecular weight excluding hydrogens is 269 g/mol. The van der Waals surface area contributed by atoms with Gasteiger partial charge in [-0.25, -0.2) is 4.39 Å². The second-order valence-corrected chi connectivity index (χ2v) is 4.31. The molecule has 2 rings (SSSR count). The van der Waals surface area contributed by atoms with Crippen LogP contribution in [0.5, 0.6) is 11.5 Å². The fourth-order valence-corrected chi connectivity index (χ4v) is 1.84. The predicted molar refractivity (Wildman–Crippen MR) is 73.1 cm³/mol. The van der Waals surface area contributed by atoms with Gasteiger partial charge in [-0.05, 0) is 24.3 Å². The topological polar surface area (TPSA) is 44.5 Å². The molecule has 0 aromatic heterocycles. The van der Waals surface area contributed by atoms with Crippen molar-refractivity contribution in [2.24, 2.45) is 0 Å². The molecule has 0 atom stereocenters. The fourth-order valence-electron chi connectivity index (χ4n) is 1.60. The second kappa shape index (κ2) is 5.80. The van der Waals surface area contributed by atoms with Crippen LogP contribution in [0.3, 0.4) is 0 Å². The molecule has 5 heteroatoms. The highest BCUT2D eigenvalue weighted by atomic mass is 35.5. The number of hydrogen-bond donors (Lipinski definition) is 1. The zero-order valence-electron chi connectivity index (χ0n) is 10.3. The Balaban J connectivity index is 2.15. The first kappa shape index (κ1) is 13.5. The van der Waals surface area contributed by atoms with E-state index >= 15 is 0 Å². The van der Waals surface area contributed by atoms with Gasteiger partial charge in [-0.15, -0.1) is 0 Å². The molecular formula is C14H13ClFNO2. The lowest BCUT2D eigenvalue weighted by Crippen LogP contribution is -2.01. The third-order valence-corrected chi connectivity index (χ3v) is 2.93. The first-order valence-electron chi connectivity index (χ1n) is 5.61. The van der Waals surface area contributed by atoms with Crippen molar-refractivity contribution < 1.29 is 13.9 Å². The number of rotatable bonds is 4. The van der Waals surface area contributed by atoms with Crippen LogP contribution in [0.15, 0.2) is 36.4 Å². The van der Waals surface area contributed by atoms with Gasteiger partial charge in [0.05, 0.1) is 17.8 Å². The summed E-state index contributed by atoms with van der Waals surface area (Å²) in [5, 5.41) is 0.397. The molecule has 0 saturated carbocycles. The molecule has 0 heterocycles. The number of methoxy groups -OCH3 is 1. The Labute approximate surface area is 115 Å². The molecule has 0 radical (unpaired) electrons. The summed E-state index contributed by atoms with van der Waals surface area (Å²) < 4.78 is 24.1. The molecule has 2 aromatic rings. The van der Waals surface area contributed by atoms with E-state index < -0.39 is 5.82 Å². The molecule has 0 aliphatic carbocycles. The molecule has 0 bridgehead atoms. The van der Waals surface area contributed by atoms with Gasteiger partial charge in [0.1, 0.15) is 18.2 Å². The van der Waals surface area contributed by atoms with Crippen molar-refractivity contribution in [1.29, 1.82) is 0 Å². The van der Waals surface area contributed by atoms with Crippen LogP contribution >= 0.6 is 11.6 Å². The van der Waals surface area contributed by atoms with Gasteiger partial charge in [-0.2, -0.15) is 0 Å². The van der Waals surface area contributed by atoms with Crippen LogP contribution < -0.4 is 15.2 Å². The van der Waals surface area contributed by atoms with Gasteiger partial charge < -0.3 is 15.2 Å². The lowest BCUT2D eigenvalue weighted by Gasteiger charge is -2.11. The number of anilines is 1. The van der Waals surface area contributed by atoms with Crippen LogP contribution in [0.2, 0.25) is 5.02 Å². The van der Waals surface area contributed by atoms with Gasteiger partial charge in [-0.1, -0.05) is 17.7 Å². The molecule has 0 aliphatic heterocycles. The number of ether oxygens (including phenoxy) is 2. The molecule has 0 saturated heterocycles. The lowest BCUT2D eigenvalue weighted by atomic mass is 10.2. The monoisotopic (exact) mass is 281 g/mol. The van der Waals surface area contributed by atoms with Crippen LogP contribution in [0.4, 0.5) is 10.1 Å². The Morgan fingerprint density at radius 1 is 1.26 bits per heavy atom. The average molecular weight is 282 g/mol. The van der Waals surface area contributed by atoms with Crippen molar-refractivity contribution in [3.8, 4) is 11.5 Å². The number of hydrogen-bond acceptors (Lipinski definition) is 3. The Bertz CT molecular complexity index is 569. The summed E-state index contributed by atoms with van der Waals surface area (Å²) >= 11 is 5.96. The quantitative estimate of drug-likeness (QED) is 0.870. The van der Waals surface area contributed by atoms with Crippen molar-refractivity contribution >= 4 is 17.3 Å². The fraction of sp³-hybridized carbons (Fsp3) is 0.143. The van der Waals surface area contributed by atoms with Gasteiger partial charge in [0, 0.05) is 11.6 Å². The van der Waals surface area contributed by atoms with E-state index in [9.17, 15) is 4.39 Å². The molecule has 0 fully saturated rings. The van der Waals surface area contributed by atoms with E-state index in [4.69, 9.17) is 26.8 Å². The van der Waals surface area contributed by atoms with Crippen molar-refractivity contribution in [3.63, 3.8) is 0 Å². The third kappa shape index (κ3) is 3.09. The van der Waals surface area contributed by atoms with Gasteiger partial charge in [0.2, 0.25) is 0 Å². The average Bonchev–Trinajstić information content (AvgIpc) is 2.39. The van der Waals surface area contributed by atoms with E-state index in [0.717, 1.165) is 0 Å². The highest BCUT2D eigenvalue weighted by molar-refractivity contribution is 6.32. The van der Waals surface area contributed by atoms with Crippen molar-refractivity contribution in [1.82, 2.24) is 0 Å². The maximum atomic E-state index is 13.7. The first-order valence-corrected chi connectivity index (χ1v) is 5.99. The van der Waals surface area contributed by atoms with E-state index in [1.165, 1.54) is 13.2 Å². The molecule has 0 spiro atoms. The summed E-state index contributed by atoms with van der Waals surface area (Å²) in [5.74, 6) is 0.419. The molecule has 3 nitrogen and oxygen atoms in total. The maximum absolute atomic E-state index is 13.7. The third-order valence-electron chi connectivity index (χ3n) is 2.63. The largest absolute Gasteiger partial charge is 0.497 e. The van der Waals surface area contributed by atoms with Crippen LogP contribution in [0.25, 0.3) is 0 Å². The standard InChI is InChI=1S/C14H13ClFNO2/c1-18-10-6-5-9(12(16)7-10)8-19-14-11(15)3-2-4-13(14)17/h2-7H,8,17H2,1H3. The lowest BCUT2D eigenvalue weighted by molar-refractivity contribution is 0.301. The molecule has 100 valence electrons. The Hall–Kier alpha value is -1.94. The second-order valence-electron chi connectivity index (χ2n) is 3.90. The number of nitrogens with two attached hydrogens (primary N) is 1. The van der Waals surface area contributed by atoms with Gasteiger partial charge in [0.25, 0.3) is 0 Å². The summed E-state index contributed by atoms with van der Waals surface area (Å²) in [5.41, 5.74) is 6.57. The highest BCUT2D eigenvalue weighted by Gasteiger charge is 2.09. The van der Waals surface area contributed by atoms with Gasteiger partial charge >= 0.3 is 0 Å². The molecule has 0 unspecified atom stereocenters. The van der Waals surface area contributed by atoms with Crippen molar-refractivity contribution in [3.05, 3.63) is 52.8 Å². The zero-order chi connectivity index (χ0) is 13.8. The SMILES string of the molecule is COc1ccc(COc2c(N)cccc2Cl)c(F)c1. The number of para-hydroxylation sites is 1. The zero-order valence-corrected chi connectivity index (χ0v) is 11.1. The first-order chi connectivity index (χ1) is 9.11. The summed E-state index contributed by atoms with van der Waals surface area (Å²) in [6.45, 7) is 0.0454. The van der Waals surface area contributed by atoms with Gasteiger partial charge in [0.15, 0.2) is 5.75 Å². The molecule has 2 N–H and O–H groups in total. The van der Waals surface area contributed by atoms with Crippen molar-refractivity contribution in [2.75, 3.05) is 12.8 Å². The Morgan fingerprint density at radius 3 is 2.68 bits per heavy atom. The van der Waals surface area contributed by atoms with E-state index in [0.29, 0.717) is 27.8 Å². The summed E-state index contributed by atoms with van der Waals surface area (Å²) in [6.07, 6.45) is 0. The number of halogens is 2. The summed E-state index contributed by atoms with van der Waals surface area (Å²) in [7, 11) is 1.48. The molecule has 19 heavy (non-hydrogen) atoms. The normalized spacial score (nSPS) is 10.3. The Kier molecular flexibility index (Phi) is 4.12. The van der Waals surface area contributed by atoms with Gasteiger partial charge in [-0.3, -0.25) is 0 Å². The minimum absolute atomic E-state index is 0.0454. The molecule has 0 amide bonds. The molecule has 2 aromatic carbocycles. The van der Waals surface area contributed by atoms with E-state index in [-0.39, 0.29) is 6.61 Å². The van der Waals surface area contributed by atoms with E-state index in [2.05, 4.69) is 0 Å². The van der Waals surface area contributed by atoms with Crippen LogP contribution in [-0.4, -0.2) is 7.11 Å². The summed E-state index contributed by atoms with van der Waals surface area (Å²) in [4.78, 5) is 0. The van der Waals surface area contributed by atoms with E-state index in [1.807, 2.05) is 0 Å². The van der Waals surface area contributed by atoms with Crippen LogP contribution in [0.1, 0.15) is 5.56 Å². The van der Waals surface area contributed by atoms with E-state index in [1.54, 1.807) is 30.3 Å². The minimum atomic E-state index is -0.398. The summed E-state index contributed by atoms with van der Waals surface area (Å²) in [6, 6.07) is 9.62. The Morgan fingerprint density at radius 2 is 2.05 bits per heavy atom. The smallest absolute Gasteiger partial charge is 0.161 e. The maximum Gasteiger partial charge on any atom is 0.161 e. The van der Waals surface area contributed by atoms with Crippen molar-refractivity contribution in [2.45, 2.75) is 6.61 Å². The van der Waals surface area contributed by atoms with Crippen LogP contribution in [0, 0.1) is 5.82 Å². The number of nitrogen functional groups attached to an aromatic ring is 1. The highest BCUT2D eigenvalue weighted by Crippen LogP contribution is 2.31.